The van der Waals surface area contributed by atoms with E-state index < -0.39 is 5.60 Å². The minimum atomic E-state index is -0.454. The van der Waals surface area contributed by atoms with Crippen molar-refractivity contribution in [3.8, 4) is 0 Å². The SMILES string of the molecule is CC(C)(C)OC(=O)N1[C@@H](CO)C[C@H]2C[C@H]21. The lowest BCUT2D eigenvalue weighted by molar-refractivity contribution is 0.0126. The molecule has 15 heavy (non-hydrogen) atoms. The van der Waals surface area contributed by atoms with Crippen molar-refractivity contribution in [1.82, 2.24) is 4.90 Å². The van der Waals surface area contributed by atoms with Crippen molar-refractivity contribution in [3.63, 3.8) is 0 Å². The molecule has 0 radical (unpaired) electrons. The summed E-state index contributed by atoms with van der Waals surface area (Å²) in [6.07, 6.45) is 1.74. The average Bonchev–Trinajstić information content (AvgIpc) is 2.73. The Labute approximate surface area is 90.2 Å². The fourth-order valence-electron chi connectivity index (χ4n) is 2.32. The molecule has 1 aliphatic carbocycles. The number of hydrogen-bond acceptors (Lipinski definition) is 3. The highest BCUT2D eigenvalue weighted by molar-refractivity contribution is 5.70. The van der Waals surface area contributed by atoms with Gasteiger partial charge in [0.05, 0.1) is 12.6 Å². The molecule has 2 fully saturated rings. The van der Waals surface area contributed by atoms with E-state index in [0.717, 1.165) is 12.8 Å². The van der Waals surface area contributed by atoms with Crippen LogP contribution >= 0.6 is 0 Å². The van der Waals surface area contributed by atoms with Crippen molar-refractivity contribution in [2.45, 2.75) is 51.3 Å². The fourth-order valence-corrected chi connectivity index (χ4v) is 2.32. The third-order valence-electron chi connectivity index (χ3n) is 3.03. The maximum atomic E-state index is 11.9. The number of rotatable bonds is 1. The zero-order chi connectivity index (χ0) is 11.2. The van der Waals surface area contributed by atoms with Crippen LogP contribution in [0.25, 0.3) is 0 Å². The number of piperidine rings is 1. The van der Waals surface area contributed by atoms with Crippen molar-refractivity contribution < 1.29 is 14.6 Å². The predicted octanol–water partition coefficient (Wildman–Crippen LogP) is 1.38. The van der Waals surface area contributed by atoms with Crippen LogP contribution in [0.5, 0.6) is 0 Å². The van der Waals surface area contributed by atoms with Crippen molar-refractivity contribution in [2.75, 3.05) is 6.61 Å². The van der Waals surface area contributed by atoms with Crippen LogP contribution < -0.4 is 0 Å². The Morgan fingerprint density at radius 2 is 2.13 bits per heavy atom. The molecule has 3 atom stereocenters. The molecule has 1 saturated heterocycles. The van der Waals surface area contributed by atoms with Gasteiger partial charge in [0.25, 0.3) is 0 Å². The molecule has 0 aromatic heterocycles. The quantitative estimate of drug-likeness (QED) is 0.715. The maximum absolute atomic E-state index is 11.9. The third-order valence-corrected chi connectivity index (χ3v) is 3.03. The van der Waals surface area contributed by atoms with Crippen molar-refractivity contribution in [2.24, 2.45) is 5.92 Å². The molecule has 1 saturated carbocycles. The highest BCUT2D eigenvalue weighted by Crippen LogP contribution is 2.48. The second-order valence-corrected chi connectivity index (χ2v) is 5.52. The summed E-state index contributed by atoms with van der Waals surface area (Å²) in [5.74, 6) is 0.606. The van der Waals surface area contributed by atoms with Gasteiger partial charge in [-0.05, 0) is 39.5 Å². The van der Waals surface area contributed by atoms with E-state index in [2.05, 4.69) is 0 Å². The monoisotopic (exact) mass is 213 g/mol. The fraction of sp³-hybridized carbons (Fsp3) is 0.909. The molecule has 86 valence electrons. The molecule has 4 heteroatoms. The van der Waals surface area contributed by atoms with Crippen LogP contribution in [-0.2, 0) is 4.74 Å². The molecule has 0 aromatic rings. The van der Waals surface area contributed by atoms with Gasteiger partial charge in [0, 0.05) is 6.04 Å². The van der Waals surface area contributed by atoms with E-state index in [4.69, 9.17) is 4.74 Å². The standard InChI is InChI=1S/C11H19NO3/c1-11(2,3)15-10(14)12-8(6-13)4-7-5-9(7)12/h7-9,13H,4-6H2,1-3H3/t7-,8+,9+/m0/s1. The van der Waals surface area contributed by atoms with Crippen LogP contribution in [-0.4, -0.2) is 40.4 Å². The minimum Gasteiger partial charge on any atom is -0.444 e. The molecule has 2 aliphatic rings. The predicted molar refractivity (Wildman–Crippen MR) is 55.5 cm³/mol. The molecule has 4 nitrogen and oxygen atoms in total. The molecule has 2 rings (SSSR count). The summed E-state index contributed by atoms with van der Waals surface area (Å²) >= 11 is 0. The number of nitrogens with zero attached hydrogens (tertiary/aromatic N) is 1. The first kappa shape index (κ1) is 10.7. The van der Waals surface area contributed by atoms with Crippen LogP contribution in [0.15, 0.2) is 0 Å². The molecule has 0 bridgehead atoms. The number of likely N-dealkylation sites (tertiary alicyclic amines) is 1. The van der Waals surface area contributed by atoms with E-state index in [1.807, 2.05) is 20.8 Å². The average molecular weight is 213 g/mol. The number of ether oxygens (including phenoxy) is 1. The van der Waals surface area contributed by atoms with E-state index in [9.17, 15) is 9.90 Å². The van der Waals surface area contributed by atoms with Crippen LogP contribution in [0.4, 0.5) is 4.79 Å². The Hall–Kier alpha value is -0.770. The van der Waals surface area contributed by atoms with Crippen LogP contribution in [0.2, 0.25) is 0 Å². The number of amides is 1. The Morgan fingerprint density at radius 1 is 1.47 bits per heavy atom. The Morgan fingerprint density at radius 3 is 2.67 bits per heavy atom. The molecular weight excluding hydrogens is 194 g/mol. The zero-order valence-corrected chi connectivity index (χ0v) is 9.56. The summed E-state index contributed by atoms with van der Waals surface area (Å²) in [6, 6.07) is 0.306. The van der Waals surface area contributed by atoms with E-state index in [0.29, 0.717) is 12.0 Å². The summed E-state index contributed by atoms with van der Waals surface area (Å²) in [5, 5.41) is 9.17. The first-order valence-corrected chi connectivity index (χ1v) is 5.54. The topological polar surface area (TPSA) is 49.8 Å². The molecule has 1 aliphatic heterocycles. The highest BCUT2D eigenvalue weighted by Gasteiger charge is 2.54. The van der Waals surface area contributed by atoms with E-state index in [-0.39, 0.29) is 18.7 Å². The van der Waals surface area contributed by atoms with Crippen LogP contribution in [0.3, 0.4) is 0 Å². The Kier molecular flexibility index (Phi) is 2.41. The molecule has 0 aromatic carbocycles. The summed E-state index contributed by atoms with van der Waals surface area (Å²) < 4.78 is 5.33. The van der Waals surface area contributed by atoms with Gasteiger partial charge in [0.15, 0.2) is 0 Å². The third kappa shape index (κ3) is 2.09. The number of aliphatic hydroxyl groups is 1. The zero-order valence-electron chi connectivity index (χ0n) is 9.56. The maximum Gasteiger partial charge on any atom is 0.410 e. The highest BCUT2D eigenvalue weighted by atomic mass is 16.6. The van der Waals surface area contributed by atoms with Crippen molar-refractivity contribution >= 4 is 6.09 Å². The number of carbonyl (C=O) groups is 1. The van der Waals surface area contributed by atoms with Gasteiger partial charge in [-0.3, -0.25) is 4.90 Å². The Balaban J connectivity index is 1.99. The number of fused-ring (bicyclic) bond motifs is 1. The lowest BCUT2D eigenvalue weighted by Crippen LogP contribution is -2.43. The van der Waals surface area contributed by atoms with E-state index >= 15 is 0 Å². The molecule has 0 spiro atoms. The number of hydrogen-bond donors (Lipinski definition) is 1. The van der Waals surface area contributed by atoms with Crippen molar-refractivity contribution in [3.05, 3.63) is 0 Å². The smallest absolute Gasteiger partial charge is 0.410 e. The van der Waals surface area contributed by atoms with E-state index in [1.54, 1.807) is 4.90 Å². The minimum absolute atomic E-state index is 0.0244. The van der Waals surface area contributed by atoms with Gasteiger partial charge >= 0.3 is 6.09 Å². The summed E-state index contributed by atoms with van der Waals surface area (Å²) in [5.41, 5.74) is -0.454. The van der Waals surface area contributed by atoms with Gasteiger partial charge in [-0.15, -0.1) is 0 Å². The number of carbonyl (C=O) groups excluding carboxylic acids is 1. The van der Waals surface area contributed by atoms with E-state index in [1.165, 1.54) is 0 Å². The molecule has 0 unspecified atom stereocenters. The second-order valence-electron chi connectivity index (χ2n) is 5.52. The molecular formula is C11H19NO3. The molecule has 1 heterocycles. The first-order chi connectivity index (χ1) is 6.92. The van der Waals surface area contributed by atoms with Crippen LogP contribution in [0, 0.1) is 5.92 Å². The van der Waals surface area contributed by atoms with Gasteiger partial charge < -0.3 is 9.84 Å². The number of aliphatic hydroxyl groups excluding tert-OH is 1. The Bertz CT molecular complexity index is 271. The summed E-state index contributed by atoms with van der Waals surface area (Å²) in [4.78, 5) is 13.6. The van der Waals surface area contributed by atoms with Gasteiger partial charge in [0.1, 0.15) is 5.60 Å². The van der Waals surface area contributed by atoms with Gasteiger partial charge in [-0.2, -0.15) is 0 Å². The summed E-state index contributed by atoms with van der Waals surface area (Å²) in [7, 11) is 0. The normalized spacial score (nSPS) is 33.9. The van der Waals surface area contributed by atoms with Gasteiger partial charge in [0.2, 0.25) is 0 Å². The molecule has 1 amide bonds. The lowest BCUT2D eigenvalue weighted by Gasteiger charge is -2.29. The summed E-state index contributed by atoms with van der Waals surface area (Å²) in [6.45, 7) is 5.63. The van der Waals surface area contributed by atoms with Crippen molar-refractivity contribution in [1.29, 1.82) is 0 Å². The first-order valence-electron chi connectivity index (χ1n) is 5.54. The molecule has 1 N–H and O–H groups in total. The van der Waals surface area contributed by atoms with Gasteiger partial charge in [-0.1, -0.05) is 0 Å². The lowest BCUT2D eigenvalue weighted by atomic mass is 10.2. The van der Waals surface area contributed by atoms with Gasteiger partial charge in [-0.25, -0.2) is 4.79 Å². The van der Waals surface area contributed by atoms with Crippen LogP contribution in [0.1, 0.15) is 33.6 Å². The second kappa shape index (κ2) is 3.37. The largest absolute Gasteiger partial charge is 0.444 e.